The number of amides is 1. The molecule has 0 aromatic heterocycles. The zero-order chi connectivity index (χ0) is 28.0. The molecule has 2 aromatic carbocycles. The number of benzene rings is 2. The number of carbonyl (C=O) groups is 1. The monoisotopic (exact) mass is 559 g/mol. The molecule has 1 aliphatic carbocycles. The average Bonchev–Trinajstić information content (AvgIpc) is 3.39. The lowest BCUT2D eigenvalue weighted by atomic mass is 9.75. The smallest absolute Gasteiger partial charge is 0.246 e. The SMILES string of the molecule is Cc1ccc(S(=O)(=O)N2CCC(OCC(=O)NCCC3CCC(C(c4cccc(F)c4)N(C)C)CC3)C2)cc1. The van der Waals surface area contributed by atoms with Gasteiger partial charge < -0.3 is 15.0 Å². The summed E-state index contributed by atoms with van der Waals surface area (Å²) in [6.45, 7) is 3.11. The Morgan fingerprint density at radius 3 is 2.49 bits per heavy atom. The van der Waals surface area contributed by atoms with Gasteiger partial charge in [-0.05, 0) is 88.4 Å². The van der Waals surface area contributed by atoms with Crippen LogP contribution in [0.3, 0.4) is 0 Å². The topological polar surface area (TPSA) is 78.9 Å². The summed E-state index contributed by atoms with van der Waals surface area (Å²) in [6, 6.07) is 14.0. The lowest BCUT2D eigenvalue weighted by molar-refractivity contribution is -0.127. The molecule has 0 radical (unpaired) electrons. The number of nitrogens with one attached hydrogen (secondary N) is 1. The van der Waals surface area contributed by atoms with E-state index in [2.05, 4.69) is 24.3 Å². The summed E-state index contributed by atoms with van der Waals surface area (Å²) >= 11 is 0. The molecular formula is C30H42FN3O4S. The zero-order valence-electron chi connectivity index (χ0n) is 23.3. The third-order valence-electron chi connectivity index (χ3n) is 8.18. The molecule has 9 heteroatoms. The van der Waals surface area contributed by atoms with Crippen molar-refractivity contribution in [2.24, 2.45) is 11.8 Å². The van der Waals surface area contributed by atoms with Gasteiger partial charge in [0.25, 0.3) is 0 Å². The minimum atomic E-state index is -3.55. The Kier molecular flexibility index (Phi) is 10.1. The molecule has 1 aliphatic heterocycles. The predicted molar refractivity (Wildman–Crippen MR) is 150 cm³/mol. The number of sulfonamides is 1. The Labute approximate surface area is 232 Å². The number of hydrogen-bond donors (Lipinski definition) is 1. The van der Waals surface area contributed by atoms with E-state index in [9.17, 15) is 17.6 Å². The van der Waals surface area contributed by atoms with E-state index in [1.807, 2.05) is 13.0 Å². The first-order valence-electron chi connectivity index (χ1n) is 14.0. The van der Waals surface area contributed by atoms with Crippen molar-refractivity contribution in [3.8, 4) is 0 Å². The molecule has 2 fully saturated rings. The molecule has 0 bridgehead atoms. The first kappa shape index (κ1) is 29.6. The van der Waals surface area contributed by atoms with Gasteiger partial charge in [0.05, 0.1) is 11.0 Å². The summed E-state index contributed by atoms with van der Waals surface area (Å²) in [5.41, 5.74) is 2.04. The first-order chi connectivity index (χ1) is 18.6. The number of ether oxygens (including phenoxy) is 1. The summed E-state index contributed by atoms with van der Waals surface area (Å²) in [7, 11) is 0.569. The molecule has 2 unspecified atom stereocenters. The number of halogens is 1. The number of nitrogens with zero attached hydrogens (tertiary/aromatic N) is 2. The fourth-order valence-corrected chi connectivity index (χ4v) is 7.53. The second kappa shape index (κ2) is 13.4. The van der Waals surface area contributed by atoms with Gasteiger partial charge in [0.1, 0.15) is 12.4 Å². The Hall–Kier alpha value is -2.33. The van der Waals surface area contributed by atoms with Crippen molar-refractivity contribution in [3.05, 3.63) is 65.5 Å². The highest BCUT2D eigenvalue weighted by Gasteiger charge is 2.33. The maximum atomic E-state index is 13.8. The summed E-state index contributed by atoms with van der Waals surface area (Å²) < 4.78 is 46.7. The molecule has 2 aliphatic rings. The van der Waals surface area contributed by atoms with Crippen LogP contribution in [0.2, 0.25) is 0 Å². The molecule has 214 valence electrons. The van der Waals surface area contributed by atoms with Crippen molar-refractivity contribution in [3.63, 3.8) is 0 Å². The summed E-state index contributed by atoms with van der Waals surface area (Å²) in [5, 5.41) is 2.97. The fraction of sp³-hybridized carbons (Fsp3) is 0.567. The molecule has 1 amide bonds. The predicted octanol–water partition coefficient (Wildman–Crippen LogP) is 4.53. The van der Waals surface area contributed by atoms with E-state index < -0.39 is 10.0 Å². The highest BCUT2D eigenvalue weighted by Crippen LogP contribution is 2.40. The minimum Gasteiger partial charge on any atom is -0.367 e. The van der Waals surface area contributed by atoms with Gasteiger partial charge >= 0.3 is 0 Å². The van der Waals surface area contributed by atoms with Gasteiger partial charge in [0, 0.05) is 25.7 Å². The third kappa shape index (κ3) is 7.87. The van der Waals surface area contributed by atoms with Crippen molar-refractivity contribution >= 4 is 15.9 Å². The third-order valence-corrected chi connectivity index (χ3v) is 10.1. The Morgan fingerprint density at radius 1 is 1.10 bits per heavy atom. The fourth-order valence-electron chi connectivity index (χ4n) is 6.05. The molecule has 2 atom stereocenters. The van der Waals surface area contributed by atoms with Crippen LogP contribution in [0.4, 0.5) is 4.39 Å². The van der Waals surface area contributed by atoms with Crippen LogP contribution in [-0.2, 0) is 19.6 Å². The zero-order valence-corrected chi connectivity index (χ0v) is 24.1. The van der Waals surface area contributed by atoms with Crippen LogP contribution in [0.25, 0.3) is 0 Å². The molecule has 7 nitrogen and oxygen atoms in total. The van der Waals surface area contributed by atoms with Crippen LogP contribution in [0, 0.1) is 24.6 Å². The van der Waals surface area contributed by atoms with Gasteiger partial charge in [-0.15, -0.1) is 0 Å². The van der Waals surface area contributed by atoms with E-state index in [1.165, 1.54) is 10.4 Å². The molecule has 1 saturated carbocycles. The molecule has 1 N–H and O–H groups in total. The largest absolute Gasteiger partial charge is 0.367 e. The number of hydrogen-bond acceptors (Lipinski definition) is 5. The highest BCUT2D eigenvalue weighted by molar-refractivity contribution is 7.89. The van der Waals surface area contributed by atoms with E-state index >= 15 is 0 Å². The normalized spacial score (nSPS) is 23.2. The van der Waals surface area contributed by atoms with Gasteiger partial charge in [-0.25, -0.2) is 12.8 Å². The van der Waals surface area contributed by atoms with Crippen LogP contribution in [0.1, 0.15) is 55.7 Å². The number of carbonyl (C=O) groups excluding carboxylic acids is 1. The lowest BCUT2D eigenvalue weighted by Gasteiger charge is -2.37. The van der Waals surface area contributed by atoms with Crippen molar-refractivity contribution in [2.45, 2.75) is 62.5 Å². The van der Waals surface area contributed by atoms with Crippen LogP contribution in [0.15, 0.2) is 53.4 Å². The number of rotatable bonds is 11. The number of aryl methyl sites for hydroxylation is 1. The quantitative estimate of drug-likeness (QED) is 0.438. The lowest BCUT2D eigenvalue weighted by Crippen LogP contribution is -2.34. The molecule has 39 heavy (non-hydrogen) atoms. The van der Waals surface area contributed by atoms with E-state index in [4.69, 9.17) is 4.74 Å². The summed E-state index contributed by atoms with van der Waals surface area (Å²) in [4.78, 5) is 14.8. The Balaban J connectivity index is 1.14. The summed E-state index contributed by atoms with van der Waals surface area (Å²) in [5.74, 6) is 0.697. The van der Waals surface area contributed by atoms with E-state index in [0.717, 1.165) is 43.2 Å². The molecular weight excluding hydrogens is 517 g/mol. The van der Waals surface area contributed by atoms with E-state index in [-0.39, 0.29) is 41.9 Å². The van der Waals surface area contributed by atoms with Crippen LogP contribution >= 0.6 is 0 Å². The van der Waals surface area contributed by atoms with Crippen molar-refractivity contribution in [1.82, 2.24) is 14.5 Å². The Bertz CT molecular complexity index is 1200. The van der Waals surface area contributed by atoms with Gasteiger partial charge in [0.2, 0.25) is 15.9 Å². The van der Waals surface area contributed by atoms with Crippen molar-refractivity contribution < 1.29 is 22.3 Å². The molecule has 4 rings (SSSR count). The minimum absolute atomic E-state index is 0.0615. The van der Waals surface area contributed by atoms with Gasteiger partial charge in [-0.1, -0.05) is 42.7 Å². The van der Waals surface area contributed by atoms with Gasteiger partial charge in [-0.3, -0.25) is 4.79 Å². The molecule has 1 heterocycles. The second-order valence-corrected chi connectivity index (χ2v) is 13.2. The van der Waals surface area contributed by atoms with Gasteiger partial charge in [0.15, 0.2) is 0 Å². The molecule has 1 saturated heterocycles. The van der Waals surface area contributed by atoms with E-state index in [1.54, 1.807) is 36.4 Å². The van der Waals surface area contributed by atoms with Crippen molar-refractivity contribution in [1.29, 1.82) is 0 Å². The first-order valence-corrected chi connectivity index (χ1v) is 15.4. The second-order valence-electron chi connectivity index (χ2n) is 11.3. The van der Waals surface area contributed by atoms with Crippen LogP contribution < -0.4 is 5.32 Å². The van der Waals surface area contributed by atoms with Crippen LogP contribution in [0.5, 0.6) is 0 Å². The Morgan fingerprint density at radius 2 is 1.82 bits per heavy atom. The highest BCUT2D eigenvalue weighted by atomic mass is 32.2. The van der Waals surface area contributed by atoms with E-state index in [0.29, 0.717) is 31.3 Å². The van der Waals surface area contributed by atoms with Crippen molar-refractivity contribution in [2.75, 3.05) is 40.3 Å². The average molecular weight is 560 g/mol. The summed E-state index contributed by atoms with van der Waals surface area (Å²) in [6.07, 6.45) is 5.60. The molecule has 0 spiro atoms. The molecule has 2 aromatic rings. The maximum Gasteiger partial charge on any atom is 0.246 e. The van der Waals surface area contributed by atoms with Crippen LogP contribution in [-0.4, -0.2) is 70.0 Å². The van der Waals surface area contributed by atoms with Gasteiger partial charge in [-0.2, -0.15) is 4.31 Å². The maximum absolute atomic E-state index is 13.8. The standard InChI is InChI=1S/C30H42FN3O4S/c1-22-7-13-28(14-8-22)39(36,37)34-18-16-27(20-34)38-21-29(35)32-17-15-23-9-11-24(12-10-23)30(33(2)3)25-5-4-6-26(31)19-25/h4-8,13-14,19,23-24,27,30H,9-12,15-18,20-21H2,1-3H3,(H,32,35).